The van der Waals surface area contributed by atoms with E-state index in [9.17, 15) is 0 Å². The lowest BCUT2D eigenvalue weighted by atomic mass is 10.1. The number of hydrogen-bond acceptors (Lipinski definition) is 4. The number of nitrogen functional groups attached to an aromatic ring is 1. The maximum absolute atomic E-state index is 6.19. The van der Waals surface area contributed by atoms with E-state index < -0.39 is 0 Å². The largest absolute Gasteiger partial charge is 0.394 e. The molecule has 3 N–H and O–H groups in total. The minimum Gasteiger partial charge on any atom is -0.394 e. The Hall–Kier alpha value is -1.49. The van der Waals surface area contributed by atoms with Gasteiger partial charge >= 0.3 is 0 Å². The quantitative estimate of drug-likeness (QED) is 0.897. The molecule has 0 bridgehead atoms. The minimum absolute atomic E-state index is 0.233. The average Bonchev–Trinajstić information content (AvgIpc) is 2.87. The van der Waals surface area contributed by atoms with Crippen molar-refractivity contribution in [3.8, 4) is 0 Å². The molecule has 0 saturated carbocycles. The van der Waals surface area contributed by atoms with Crippen LogP contribution in [0.4, 0.5) is 11.5 Å². The molecule has 0 radical (unpaired) electrons. The maximum atomic E-state index is 6.19. The van der Waals surface area contributed by atoms with Crippen molar-refractivity contribution in [3.63, 3.8) is 0 Å². The Morgan fingerprint density at radius 2 is 2.00 bits per heavy atom. The molecule has 0 fully saturated rings. The van der Waals surface area contributed by atoms with E-state index in [2.05, 4.69) is 50.2 Å². The zero-order valence-corrected chi connectivity index (χ0v) is 13.0. The first-order chi connectivity index (χ1) is 8.90. The number of anilines is 2. The van der Waals surface area contributed by atoms with Crippen LogP contribution in [0.15, 0.2) is 12.1 Å². The fraction of sp³-hybridized carbons (Fsp3) is 0.500. The fourth-order valence-electron chi connectivity index (χ4n) is 2.12. The number of aromatic nitrogens is 2. The molecule has 2 aromatic rings. The van der Waals surface area contributed by atoms with Crippen molar-refractivity contribution in [2.75, 3.05) is 11.1 Å². The molecule has 0 saturated heterocycles. The highest BCUT2D eigenvalue weighted by molar-refractivity contribution is 7.12. The Morgan fingerprint density at radius 1 is 1.32 bits per heavy atom. The van der Waals surface area contributed by atoms with Crippen molar-refractivity contribution in [2.45, 2.75) is 39.7 Å². The van der Waals surface area contributed by atoms with Crippen molar-refractivity contribution >= 4 is 22.8 Å². The highest BCUT2D eigenvalue weighted by Crippen LogP contribution is 2.32. The Bertz CT molecular complexity index is 568. The molecular weight excluding hydrogens is 256 g/mol. The Balaban J connectivity index is 2.24. The summed E-state index contributed by atoms with van der Waals surface area (Å²) in [4.78, 5) is 2.63. The summed E-state index contributed by atoms with van der Waals surface area (Å²) in [5.74, 6) is 1.24. The first-order valence-corrected chi connectivity index (χ1v) is 7.37. The average molecular weight is 278 g/mol. The summed E-state index contributed by atoms with van der Waals surface area (Å²) < 4.78 is 1.83. The smallest absolute Gasteiger partial charge is 0.148 e. The van der Waals surface area contributed by atoms with Gasteiger partial charge in [-0.15, -0.1) is 11.3 Å². The van der Waals surface area contributed by atoms with Crippen LogP contribution in [0.5, 0.6) is 0 Å². The fourth-order valence-corrected chi connectivity index (χ4v) is 3.00. The summed E-state index contributed by atoms with van der Waals surface area (Å²) in [6, 6.07) is 4.54. The predicted octanol–water partition coefficient (Wildman–Crippen LogP) is 3.67. The third-order valence-electron chi connectivity index (χ3n) is 3.20. The first kappa shape index (κ1) is 13.9. The molecule has 0 amide bonds. The molecule has 0 aliphatic heterocycles. The van der Waals surface area contributed by atoms with Crippen LogP contribution in [0.3, 0.4) is 0 Å². The van der Waals surface area contributed by atoms with Crippen molar-refractivity contribution < 1.29 is 0 Å². The molecule has 19 heavy (non-hydrogen) atoms. The summed E-state index contributed by atoms with van der Waals surface area (Å²) in [7, 11) is 1.93. The second-order valence-corrected chi connectivity index (χ2v) is 6.56. The molecule has 2 rings (SSSR count). The van der Waals surface area contributed by atoms with Crippen LogP contribution in [0.1, 0.15) is 48.2 Å². The van der Waals surface area contributed by atoms with E-state index in [1.165, 1.54) is 9.75 Å². The molecule has 104 valence electrons. The zero-order chi connectivity index (χ0) is 14.2. The Kier molecular flexibility index (Phi) is 3.85. The highest BCUT2D eigenvalue weighted by Gasteiger charge is 2.18. The molecule has 4 nitrogen and oxygen atoms in total. The Labute approximate surface area is 118 Å². The van der Waals surface area contributed by atoms with Crippen LogP contribution in [0.2, 0.25) is 0 Å². The van der Waals surface area contributed by atoms with Crippen LogP contribution in [0, 0.1) is 6.92 Å². The van der Waals surface area contributed by atoms with Gasteiger partial charge < -0.3 is 11.1 Å². The number of aryl methyl sites for hydroxylation is 2. The zero-order valence-electron chi connectivity index (χ0n) is 12.2. The van der Waals surface area contributed by atoms with Gasteiger partial charge in [0.1, 0.15) is 5.82 Å². The summed E-state index contributed by atoms with van der Waals surface area (Å²) in [6.07, 6.45) is 0. The van der Waals surface area contributed by atoms with E-state index in [1.54, 1.807) is 11.3 Å². The summed E-state index contributed by atoms with van der Waals surface area (Å²) >= 11 is 1.81. The van der Waals surface area contributed by atoms with Crippen LogP contribution >= 0.6 is 11.3 Å². The number of rotatable bonds is 4. The van der Waals surface area contributed by atoms with E-state index in [0.29, 0.717) is 5.92 Å². The van der Waals surface area contributed by atoms with Crippen LogP contribution in [-0.2, 0) is 7.05 Å². The molecule has 1 atom stereocenters. The third kappa shape index (κ3) is 2.76. The van der Waals surface area contributed by atoms with Gasteiger partial charge in [-0.05, 0) is 31.9 Å². The van der Waals surface area contributed by atoms with Gasteiger partial charge in [-0.3, -0.25) is 4.68 Å². The van der Waals surface area contributed by atoms with E-state index in [1.807, 2.05) is 11.7 Å². The van der Waals surface area contributed by atoms with E-state index in [4.69, 9.17) is 5.73 Å². The molecule has 0 aliphatic carbocycles. The lowest BCUT2D eigenvalue weighted by Gasteiger charge is -2.14. The van der Waals surface area contributed by atoms with E-state index in [-0.39, 0.29) is 6.04 Å². The lowest BCUT2D eigenvalue weighted by molar-refractivity contribution is 0.709. The van der Waals surface area contributed by atoms with E-state index >= 15 is 0 Å². The second-order valence-electron chi connectivity index (χ2n) is 5.24. The molecule has 2 heterocycles. The van der Waals surface area contributed by atoms with Gasteiger partial charge in [0.2, 0.25) is 0 Å². The van der Waals surface area contributed by atoms with Crippen molar-refractivity contribution in [3.05, 3.63) is 27.6 Å². The van der Waals surface area contributed by atoms with Crippen molar-refractivity contribution in [1.29, 1.82) is 0 Å². The maximum Gasteiger partial charge on any atom is 0.148 e. The summed E-state index contributed by atoms with van der Waals surface area (Å²) in [6.45, 7) is 8.48. The molecule has 0 aliphatic rings. The number of thiophene rings is 1. The van der Waals surface area contributed by atoms with Gasteiger partial charge in [-0.25, -0.2) is 0 Å². The number of nitrogens with one attached hydrogen (secondary N) is 1. The molecule has 5 heteroatoms. The van der Waals surface area contributed by atoms with Crippen LogP contribution in [0.25, 0.3) is 0 Å². The van der Waals surface area contributed by atoms with Gasteiger partial charge in [-0.1, -0.05) is 13.8 Å². The molecule has 1 unspecified atom stereocenters. The van der Waals surface area contributed by atoms with Gasteiger partial charge in [0.25, 0.3) is 0 Å². The Morgan fingerprint density at radius 3 is 2.47 bits per heavy atom. The van der Waals surface area contributed by atoms with Gasteiger partial charge in [-0.2, -0.15) is 5.10 Å². The standard InChI is InChI=1S/C14H22N4S/c1-8(2)13-12(15)14(18(5)17-13)16-10(4)11-7-6-9(3)19-11/h6-8,10,16H,15H2,1-5H3. The molecule has 0 spiro atoms. The third-order valence-corrected chi connectivity index (χ3v) is 4.38. The van der Waals surface area contributed by atoms with Gasteiger partial charge in [0.05, 0.1) is 17.4 Å². The second kappa shape index (κ2) is 5.25. The topological polar surface area (TPSA) is 55.9 Å². The number of hydrogen-bond donors (Lipinski definition) is 2. The normalized spacial score (nSPS) is 12.9. The summed E-state index contributed by atoms with van der Waals surface area (Å²) in [5.41, 5.74) is 7.91. The first-order valence-electron chi connectivity index (χ1n) is 6.55. The van der Waals surface area contributed by atoms with Gasteiger partial charge in [0.15, 0.2) is 0 Å². The molecule has 2 aromatic heterocycles. The highest BCUT2D eigenvalue weighted by atomic mass is 32.1. The number of nitrogens with zero attached hydrogens (tertiary/aromatic N) is 2. The van der Waals surface area contributed by atoms with Crippen molar-refractivity contribution in [2.24, 2.45) is 7.05 Å². The SMILES string of the molecule is Cc1ccc(C(C)Nc2c(N)c(C(C)C)nn2C)s1. The molecule has 0 aromatic carbocycles. The number of nitrogens with two attached hydrogens (primary N) is 1. The lowest BCUT2D eigenvalue weighted by Crippen LogP contribution is -2.10. The minimum atomic E-state index is 0.233. The van der Waals surface area contributed by atoms with E-state index in [0.717, 1.165) is 17.2 Å². The predicted molar refractivity (Wildman–Crippen MR) is 82.8 cm³/mol. The van der Waals surface area contributed by atoms with Gasteiger partial charge in [0, 0.05) is 16.8 Å². The van der Waals surface area contributed by atoms with Crippen LogP contribution in [-0.4, -0.2) is 9.78 Å². The summed E-state index contributed by atoms with van der Waals surface area (Å²) in [5, 5.41) is 7.96. The monoisotopic (exact) mass is 278 g/mol. The van der Waals surface area contributed by atoms with Crippen LogP contribution < -0.4 is 11.1 Å². The molecular formula is C14H22N4S. The van der Waals surface area contributed by atoms with Crippen molar-refractivity contribution in [1.82, 2.24) is 9.78 Å².